The Labute approximate surface area is 128 Å². The molecule has 0 amide bonds. The number of benzene rings is 2. The fourth-order valence-corrected chi connectivity index (χ4v) is 2.34. The van der Waals surface area contributed by atoms with Crippen LogP contribution in [0.3, 0.4) is 0 Å². The van der Waals surface area contributed by atoms with Crippen LogP contribution in [0.5, 0.6) is 5.75 Å². The maximum atomic E-state index is 13.6. The van der Waals surface area contributed by atoms with Crippen LogP contribution >= 0.6 is 31.9 Å². The number of hydrogen-bond acceptors (Lipinski definition) is 2. The van der Waals surface area contributed by atoms with Gasteiger partial charge in [0.25, 0.3) is 0 Å². The molecule has 0 aliphatic rings. The minimum absolute atomic E-state index is 0.185. The topological polar surface area (TPSA) is 35.2 Å². The van der Waals surface area contributed by atoms with Gasteiger partial charge in [0.05, 0.1) is 0 Å². The fourth-order valence-electron chi connectivity index (χ4n) is 1.60. The molecule has 19 heavy (non-hydrogen) atoms. The predicted molar refractivity (Wildman–Crippen MR) is 80.5 cm³/mol. The van der Waals surface area contributed by atoms with Gasteiger partial charge < -0.3 is 10.5 Å². The molecule has 0 fully saturated rings. The summed E-state index contributed by atoms with van der Waals surface area (Å²) in [5.41, 5.74) is 7.08. The second-order valence-corrected chi connectivity index (χ2v) is 5.75. The van der Waals surface area contributed by atoms with Gasteiger partial charge in [0.15, 0.2) is 0 Å². The molecule has 0 spiro atoms. The quantitative estimate of drug-likeness (QED) is 0.842. The van der Waals surface area contributed by atoms with E-state index in [1.54, 1.807) is 12.1 Å². The first-order valence-corrected chi connectivity index (χ1v) is 7.24. The van der Waals surface area contributed by atoms with Gasteiger partial charge in [-0.1, -0.05) is 37.9 Å². The highest BCUT2D eigenvalue weighted by molar-refractivity contribution is 9.10. The van der Waals surface area contributed by atoms with Crippen molar-refractivity contribution in [1.29, 1.82) is 0 Å². The summed E-state index contributed by atoms with van der Waals surface area (Å²) in [7, 11) is 0. The number of nitrogens with two attached hydrogens (primary N) is 1. The SMILES string of the molecule is NCc1cc(OCc2ccc(Br)cc2F)ccc1Br. The van der Waals surface area contributed by atoms with Gasteiger partial charge in [0, 0.05) is 21.1 Å². The van der Waals surface area contributed by atoms with E-state index < -0.39 is 0 Å². The molecular formula is C14H12Br2FNO. The van der Waals surface area contributed by atoms with Crippen LogP contribution in [0.4, 0.5) is 4.39 Å². The third-order valence-electron chi connectivity index (χ3n) is 2.65. The van der Waals surface area contributed by atoms with Gasteiger partial charge in [-0.3, -0.25) is 0 Å². The molecule has 0 saturated heterocycles. The van der Waals surface area contributed by atoms with Crippen molar-refractivity contribution in [2.45, 2.75) is 13.2 Å². The van der Waals surface area contributed by atoms with Crippen molar-refractivity contribution in [1.82, 2.24) is 0 Å². The largest absolute Gasteiger partial charge is 0.489 e. The molecule has 0 aromatic heterocycles. The molecule has 0 aliphatic heterocycles. The summed E-state index contributed by atoms with van der Waals surface area (Å²) in [5.74, 6) is 0.386. The third-order valence-corrected chi connectivity index (χ3v) is 3.91. The maximum Gasteiger partial charge on any atom is 0.130 e. The zero-order chi connectivity index (χ0) is 13.8. The Morgan fingerprint density at radius 3 is 2.53 bits per heavy atom. The lowest BCUT2D eigenvalue weighted by atomic mass is 10.2. The van der Waals surface area contributed by atoms with Crippen molar-refractivity contribution in [3.8, 4) is 5.75 Å². The average Bonchev–Trinajstić information content (AvgIpc) is 2.39. The third kappa shape index (κ3) is 3.78. The van der Waals surface area contributed by atoms with Crippen LogP contribution in [-0.2, 0) is 13.2 Å². The highest BCUT2D eigenvalue weighted by atomic mass is 79.9. The summed E-state index contributed by atoms with van der Waals surface area (Å²) >= 11 is 6.62. The van der Waals surface area contributed by atoms with Crippen molar-refractivity contribution < 1.29 is 9.13 Å². The smallest absolute Gasteiger partial charge is 0.130 e. The maximum absolute atomic E-state index is 13.6. The monoisotopic (exact) mass is 387 g/mol. The van der Waals surface area contributed by atoms with E-state index in [0.29, 0.717) is 22.3 Å². The lowest BCUT2D eigenvalue weighted by molar-refractivity contribution is 0.299. The Hall–Kier alpha value is -0.910. The van der Waals surface area contributed by atoms with E-state index in [1.807, 2.05) is 18.2 Å². The number of hydrogen-bond donors (Lipinski definition) is 1. The highest BCUT2D eigenvalue weighted by Gasteiger charge is 2.05. The lowest BCUT2D eigenvalue weighted by Crippen LogP contribution is -2.01. The highest BCUT2D eigenvalue weighted by Crippen LogP contribution is 2.23. The molecule has 2 aromatic carbocycles. The zero-order valence-electron chi connectivity index (χ0n) is 10.00. The molecule has 100 valence electrons. The van der Waals surface area contributed by atoms with E-state index in [9.17, 15) is 4.39 Å². The molecule has 2 nitrogen and oxygen atoms in total. The minimum atomic E-state index is -0.287. The number of halogens is 3. The van der Waals surface area contributed by atoms with Gasteiger partial charge in [0.2, 0.25) is 0 Å². The molecule has 2 N–H and O–H groups in total. The van der Waals surface area contributed by atoms with Crippen LogP contribution in [0.15, 0.2) is 45.3 Å². The summed E-state index contributed by atoms with van der Waals surface area (Å²) in [4.78, 5) is 0. The number of ether oxygens (including phenoxy) is 1. The van der Waals surface area contributed by atoms with Crippen molar-refractivity contribution in [3.63, 3.8) is 0 Å². The Kier molecular flexibility index (Phi) is 4.96. The Balaban J connectivity index is 2.10. The van der Waals surface area contributed by atoms with Gasteiger partial charge in [-0.15, -0.1) is 0 Å². The van der Waals surface area contributed by atoms with Crippen LogP contribution in [-0.4, -0.2) is 0 Å². The van der Waals surface area contributed by atoms with E-state index in [0.717, 1.165) is 10.0 Å². The Morgan fingerprint density at radius 1 is 1.05 bits per heavy atom. The molecule has 0 atom stereocenters. The first kappa shape index (κ1) is 14.5. The summed E-state index contributed by atoms with van der Waals surface area (Å²) in [6.07, 6.45) is 0. The molecule has 0 radical (unpaired) electrons. The second-order valence-electron chi connectivity index (χ2n) is 3.98. The summed E-state index contributed by atoms with van der Waals surface area (Å²) < 4.78 is 20.9. The average molecular weight is 389 g/mol. The van der Waals surface area contributed by atoms with Crippen LogP contribution in [0.2, 0.25) is 0 Å². The van der Waals surface area contributed by atoms with Gasteiger partial charge in [-0.05, 0) is 35.9 Å². The van der Waals surface area contributed by atoms with Crippen molar-refractivity contribution in [3.05, 3.63) is 62.3 Å². The van der Waals surface area contributed by atoms with Crippen molar-refractivity contribution in [2.75, 3.05) is 0 Å². The first-order valence-electron chi connectivity index (χ1n) is 5.65. The van der Waals surface area contributed by atoms with E-state index >= 15 is 0 Å². The molecule has 2 rings (SSSR count). The summed E-state index contributed by atoms with van der Waals surface area (Å²) in [6, 6.07) is 10.4. The second kappa shape index (κ2) is 6.50. The molecule has 0 heterocycles. The predicted octanol–water partition coefficient (Wildman–Crippen LogP) is 4.39. The molecule has 0 unspecified atom stereocenters. The van der Waals surface area contributed by atoms with Crippen molar-refractivity contribution in [2.24, 2.45) is 5.73 Å². The molecule has 5 heteroatoms. The fraction of sp³-hybridized carbons (Fsp3) is 0.143. The molecule has 0 bridgehead atoms. The summed E-state index contributed by atoms with van der Waals surface area (Å²) in [6.45, 7) is 0.606. The van der Waals surface area contributed by atoms with Gasteiger partial charge in [-0.2, -0.15) is 0 Å². The van der Waals surface area contributed by atoms with Gasteiger partial charge >= 0.3 is 0 Å². The molecule has 2 aromatic rings. The Bertz CT molecular complexity index is 590. The number of rotatable bonds is 4. The van der Waals surface area contributed by atoms with Crippen LogP contribution in [0.25, 0.3) is 0 Å². The molecule has 0 saturated carbocycles. The minimum Gasteiger partial charge on any atom is -0.489 e. The normalized spacial score (nSPS) is 10.5. The molecular weight excluding hydrogens is 377 g/mol. The van der Waals surface area contributed by atoms with Crippen LogP contribution < -0.4 is 10.5 Å². The van der Waals surface area contributed by atoms with E-state index in [-0.39, 0.29) is 12.4 Å². The van der Waals surface area contributed by atoms with Crippen LogP contribution in [0.1, 0.15) is 11.1 Å². The van der Waals surface area contributed by atoms with E-state index in [4.69, 9.17) is 10.5 Å². The molecule has 0 aliphatic carbocycles. The van der Waals surface area contributed by atoms with E-state index in [1.165, 1.54) is 6.07 Å². The van der Waals surface area contributed by atoms with Crippen LogP contribution in [0, 0.1) is 5.82 Å². The van der Waals surface area contributed by atoms with Gasteiger partial charge in [-0.25, -0.2) is 4.39 Å². The van der Waals surface area contributed by atoms with Crippen molar-refractivity contribution >= 4 is 31.9 Å². The summed E-state index contributed by atoms with van der Waals surface area (Å²) in [5, 5.41) is 0. The van der Waals surface area contributed by atoms with E-state index in [2.05, 4.69) is 31.9 Å². The van der Waals surface area contributed by atoms with Gasteiger partial charge in [0.1, 0.15) is 18.2 Å². The Morgan fingerprint density at radius 2 is 1.84 bits per heavy atom. The standard InChI is InChI=1S/C14H12Br2FNO/c15-11-2-1-9(14(17)6-11)8-19-12-3-4-13(16)10(5-12)7-18/h1-6H,7-8,18H2. The first-order chi connectivity index (χ1) is 9.10. The zero-order valence-corrected chi connectivity index (χ0v) is 13.2. The lowest BCUT2D eigenvalue weighted by Gasteiger charge is -2.09.